The lowest BCUT2D eigenvalue weighted by Gasteiger charge is -2.10. The van der Waals surface area contributed by atoms with Gasteiger partial charge in [-0.15, -0.1) is 0 Å². The summed E-state index contributed by atoms with van der Waals surface area (Å²) in [5.74, 6) is 0. The molecule has 1 atom stereocenters. The summed E-state index contributed by atoms with van der Waals surface area (Å²) < 4.78 is 0. The lowest BCUT2D eigenvalue weighted by molar-refractivity contribution is 0.153. The molecule has 0 aliphatic heterocycles. The molecule has 27 heavy (non-hydrogen) atoms. The summed E-state index contributed by atoms with van der Waals surface area (Å²) >= 11 is 5.70. The number of rotatable bonds is 16. The second-order valence-corrected chi connectivity index (χ2v) is 8.42. The summed E-state index contributed by atoms with van der Waals surface area (Å²) in [5.41, 5.74) is 0. The van der Waals surface area contributed by atoms with E-state index in [1.165, 1.54) is 83.5 Å². The molecule has 1 rings (SSSR count). The number of aromatic nitrogens is 2. The Bertz CT molecular complexity index is 382. The van der Waals surface area contributed by atoms with E-state index >= 15 is 0 Å². The van der Waals surface area contributed by atoms with Gasteiger partial charge in [0.1, 0.15) is 5.06 Å². The summed E-state index contributed by atoms with van der Waals surface area (Å²) in [5, 5.41) is 8.27. The van der Waals surface area contributed by atoms with Gasteiger partial charge in [-0.1, -0.05) is 108 Å². The number of aromatic amines is 1. The number of unbranched alkanes of at least 4 members (excludes halogenated alkanes) is 13. The van der Waals surface area contributed by atoms with Crippen molar-refractivity contribution in [3.63, 3.8) is 0 Å². The molecule has 158 valence electrons. The molecule has 0 bridgehead atoms. The van der Waals surface area contributed by atoms with Crippen LogP contribution in [-0.2, 0) is 0 Å². The molecule has 2 N–H and O–H groups in total. The molecule has 0 aromatic carbocycles. The number of hydrogen-bond donors (Lipinski definition) is 2. The Morgan fingerprint density at radius 2 is 1.41 bits per heavy atom. The average Bonchev–Trinajstić information content (AvgIpc) is 3.20. The zero-order valence-electron chi connectivity index (χ0n) is 17.8. The summed E-state index contributed by atoms with van der Waals surface area (Å²) in [6.45, 7) is 3.91. The van der Waals surface area contributed by atoms with E-state index in [1.807, 2.05) is 6.08 Å². The number of imidazole rings is 1. The smallest absolute Gasteiger partial charge is 0.139 e. The van der Waals surface area contributed by atoms with Crippen molar-refractivity contribution < 1.29 is 5.11 Å². The molecule has 1 heterocycles. The van der Waals surface area contributed by atoms with E-state index in [4.69, 9.17) is 11.6 Å². The second kappa shape index (κ2) is 19.9. The number of alkyl halides is 1. The zero-order valence-corrected chi connectivity index (χ0v) is 18.5. The van der Waals surface area contributed by atoms with Crippen LogP contribution >= 0.6 is 11.6 Å². The van der Waals surface area contributed by atoms with Crippen LogP contribution in [0.5, 0.6) is 0 Å². The highest BCUT2D eigenvalue weighted by molar-refractivity contribution is 6.22. The highest BCUT2D eigenvalue weighted by Gasteiger charge is 2.11. The van der Waals surface area contributed by atoms with Crippen molar-refractivity contribution in [1.82, 2.24) is 9.97 Å². The van der Waals surface area contributed by atoms with Gasteiger partial charge in [0.25, 0.3) is 0 Å². The van der Waals surface area contributed by atoms with Gasteiger partial charge in [0.05, 0.1) is 6.33 Å². The van der Waals surface area contributed by atoms with E-state index in [0.29, 0.717) is 6.42 Å². The third kappa shape index (κ3) is 25.2. The van der Waals surface area contributed by atoms with Gasteiger partial charge in [0.15, 0.2) is 0 Å². The van der Waals surface area contributed by atoms with Crippen LogP contribution < -0.4 is 0 Å². The number of hydrogen-bond acceptors (Lipinski definition) is 2. The molecule has 0 fully saturated rings. The summed E-state index contributed by atoms with van der Waals surface area (Å²) in [4.78, 5) is 6.42. The number of halogens is 1. The third-order valence-electron chi connectivity index (χ3n) is 4.54. The fourth-order valence-corrected chi connectivity index (χ4v) is 3.00. The van der Waals surface area contributed by atoms with Crippen LogP contribution in [0.4, 0.5) is 0 Å². The molecular formula is C23H43ClN2O. The first-order valence-corrected chi connectivity index (χ1v) is 11.4. The first-order chi connectivity index (χ1) is 13.1. The minimum atomic E-state index is -1.08. The zero-order chi connectivity index (χ0) is 20.1. The maximum Gasteiger partial charge on any atom is 0.139 e. The van der Waals surface area contributed by atoms with Crippen LogP contribution in [0.3, 0.4) is 0 Å². The van der Waals surface area contributed by atoms with E-state index < -0.39 is 5.06 Å². The molecule has 3 nitrogen and oxygen atoms in total. The predicted molar refractivity (Wildman–Crippen MR) is 119 cm³/mol. The van der Waals surface area contributed by atoms with Crippen LogP contribution in [-0.4, -0.2) is 20.1 Å². The molecule has 4 heteroatoms. The Kier molecular flexibility index (Phi) is 19.4. The van der Waals surface area contributed by atoms with Crippen LogP contribution in [0.1, 0.15) is 110 Å². The molecule has 0 radical (unpaired) electrons. The third-order valence-corrected chi connectivity index (χ3v) is 4.69. The molecule has 1 aromatic rings. The Morgan fingerprint density at radius 1 is 0.889 bits per heavy atom. The summed E-state index contributed by atoms with van der Waals surface area (Å²) in [6, 6.07) is 0. The number of allylic oxidation sites excluding steroid dienone is 1. The molecular weight excluding hydrogens is 356 g/mol. The van der Waals surface area contributed by atoms with Crippen LogP contribution in [0.15, 0.2) is 30.9 Å². The minimum Gasteiger partial charge on any atom is -0.375 e. The van der Waals surface area contributed by atoms with Crippen molar-refractivity contribution in [3.05, 3.63) is 30.9 Å². The molecule has 0 saturated heterocycles. The lowest BCUT2D eigenvalue weighted by atomic mass is 10.0. The highest BCUT2D eigenvalue weighted by atomic mass is 35.5. The van der Waals surface area contributed by atoms with Crippen LogP contribution in [0.25, 0.3) is 0 Å². The van der Waals surface area contributed by atoms with Crippen molar-refractivity contribution in [2.75, 3.05) is 0 Å². The Morgan fingerprint density at radius 3 is 1.78 bits per heavy atom. The topological polar surface area (TPSA) is 48.9 Å². The molecule has 0 aliphatic rings. The van der Waals surface area contributed by atoms with Gasteiger partial charge in [-0.2, -0.15) is 0 Å². The van der Waals surface area contributed by atoms with E-state index in [-0.39, 0.29) is 0 Å². The minimum absolute atomic E-state index is 0.535. The molecule has 0 aliphatic carbocycles. The van der Waals surface area contributed by atoms with Gasteiger partial charge in [-0.3, -0.25) is 0 Å². The maximum absolute atomic E-state index is 9.35. The van der Waals surface area contributed by atoms with Crippen molar-refractivity contribution in [2.24, 2.45) is 0 Å². The molecule has 0 amide bonds. The SMILES string of the molecule is CCCCCCCCCCCCCCC/C=C/CC(C)(O)Cl.c1c[nH]cn1. The van der Waals surface area contributed by atoms with Gasteiger partial charge >= 0.3 is 0 Å². The van der Waals surface area contributed by atoms with Crippen molar-refractivity contribution in [1.29, 1.82) is 0 Å². The van der Waals surface area contributed by atoms with Gasteiger partial charge in [0.2, 0.25) is 0 Å². The first kappa shape index (κ1) is 26.2. The largest absolute Gasteiger partial charge is 0.375 e. The van der Waals surface area contributed by atoms with Crippen molar-refractivity contribution in [2.45, 2.75) is 115 Å². The van der Waals surface area contributed by atoms with Gasteiger partial charge < -0.3 is 10.1 Å². The monoisotopic (exact) mass is 398 g/mol. The molecule has 0 spiro atoms. The predicted octanol–water partition coefficient (Wildman–Crippen LogP) is 7.77. The van der Waals surface area contributed by atoms with Crippen LogP contribution in [0, 0.1) is 0 Å². The first-order valence-electron chi connectivity index (χ1n) is 11.1. The van der Waals surface area contributed by atoms with E-state index in [9.17, 15) is 5.11 Å². The number of nitrogens with zero attached hydrogens (tertiary/aromatic N) is 1. The number of H-pyrrole nitrogens is 1. The summed E-state index contributed by atoms with van der Waals surface area (Å²) in [7, 11) is 0. The van der Waals surface area contributed by atoms with E-state index in [2.05, 4.69) is 23.0 Å². The molecule has 1 unspecified atom stereocenters. The number of nitrogens with one attached hydrogen (secondary N) is 1. The Balaban J connectivity index is 0.00000115. The average molecular weight is 399 g/mol. The Labute approximate surface area is 173 Å². The molecule has 0 saturated carbocycles. The second-order valence-electron chi connectivity index (χ2n) is 7.61. The highest BCUT2D eigenvalue weighted by Crippen LogP contribution is 2.16. The van der Waals surface area contributed by atoms with Gasteiger partial charge in [0, 0.05) is 18.8 Å². The quantitative estimate of drug-likeness (QED) is 0.170. The number of aliphatic hydroxyl groups is 1. The van der Waals surface area contributed by atoms with Gasteiger partial charge in [-0.25, -0.2) is 4.98 Å². The maximum atomic E-state index is 9.35. The standard InChI is InChI=1S/C20H39ClO.C3H4N2/c1-3-4-5-6-7-8-9-10-11-12-13-14-15-16-17-18-19-20(2,21)22;1-2-5-3-4-1/h17-18,22H,3-16,19H2,1-2H3;1-3H,(H,4,5)/b18-17+;. The summed E-state index contributed by atoms with van der Waals surface area (Å²) in [6.07, 6.45) is 29.1. The van der Waals surface area contributed by atoms with E-state index in [1.54, 1.807) is 25.6 Å². The van der Waals surface area contributed by atoms with Gasteiger partial charge in [-0.05, 0) is 19.8 Å². The van der Waals surface area contributed by atoms with E-state index in [0.717, 1.165) is 6.42 Å². The molecule has 1 aromatic heterocycles. The Hall–Kier alpha value is -0.800. The van der Waals surface area contributed by atoms with Crippen LogP contribution in [0.2, 0.25) is 0 Å². The normalized spacial score (nSPS) is 13.3. The van der Waals surface area contributed by atoms with Crippen molar-refractivity contribution >= 4 is 11.6 Å². The van der Waals surface area contributed by atoms with Crippen molar-refractivity contribution in [3.8, 4) is 0 Å². The fraction of sp³-hybridized carbons (Fsp3) is 0.783. The lowest BCUT2D eigenvalue weighted by Crippen LogP contribution is -2.12. The fourth-order valence-electron chi connectivity index (χ4n) is 2.91.